The Kier molecular flexibility index (Phi) is 8.98. The Morgan fingerprint density at radius 3 is 2.39 bits per heavy atom. The summed E-state index contributed by atoms with van der Waals surface area (Å²) in [5.41, 5.74) is 2.73. The number of pyridine rings is 2. The van der Waals surface area contributed by atoms with Crippen LogP contribution in [0.2, 0.25) is 0 Å². The second-order valence-electron chi connectivity index (χ2n) is 10.8. The van der Waals surface area contributed by atoms with E-state index in [4.69, 9.17) is 4.74 Å². The van der Waals surface area contributed by atoms with Gasteiger partial charge in [0.2, 0.25) is 5.88 Å². The van der Waals surface area contributed by atoms with Crippen LogP contribution in [0.1, 0.15) is 59.7 Å². The van der Waals surface area contributed by atoms with Gasteiger partial charge in [0, 0.05) is 35.6 Å². The highest BCUT2D eigenvalue weighted by Crippen LogP contribution is 2.48. The van der Waals surface area contributed by atoms with E-state index in [9.17, 15) is 18.7 Å². The van der Waals surface area contributed by atoms with Gasteiger partial charge in [0.05, 0.1) is 12.4 Å². The fourth-order valence-corrected chi connectivity index (χ4v) is 4.91. The summed E-state index contributed by atoms with van der Waals surface area (Å²) >= 11 is 0. The number of alkyl halides is 1. The molecule has 1 N–H and O–H groups in total. The third-order valence-electron chi connectivity index (χ3n) is 7.63. The molecule has 1 saturated carbocycles. The molecular weight excluding hydrogens is 569 g/mol. The molecule has 0 radical (unpaired) electrons. The van der Waals surface area contributed by atoms with Gasteiger partial charge in [0.25, 0.3) is 0 Å². The first-order chi connectivity index (χ1) is 21.2. The Morgan fingerprint density at radius 1 is 0.955 bits per heavy atom. The van der Waals surface area contributed by atoms with E-state index in [0.717, 1.165) is 5.56 Å². The molecular formula is C34H33F3N4O3. The molecule has 3 heterocycles. The minimum absolute atomic E-state index is 0.00335. The normalized spacial score (nSPS) is 13.3. The van der Waals surface area contributed by atoms with E-state index in [1.807, 2.05) is 20.8 Å². The number of aryl methyl sites for hydroxylation is 1. The summed E-state index contributed by atoms with van der Waals surface area (Å²) in [4.78, 5) is 24.8. The highest BCUT2D eigenvalue weighted by Gasteiger charge is 2.44. The molecule has 3 aromatic heterocycles. The number of rotatable bonds is 10. The summed E-state index contributed by atoms with van der Waals surface area (Å²) < 4.78 is 50.9. The van der Waals surface area contributed by atoms with Crippen molar-refractivity contribution >= 4 is 17.1 Å². The number of carboxylic acid groups (broad SMARTS) is 1. The molecule has 0 atom stereocenters. The standard InChI is InChI=1S/C32H27F3N4O3.C2H6/c1-19-5-6-22(23(34)13-19)16-42-29-4-2-3-25(37-29)21-8-7-20(24(35)14-21)15-28-36-26-9-10-27(31(40)41)38-30(26)39(28)18-32(17-33)11-12-32;1-2/h2-10,13-14H,11-12,15-18H2,1H3,(H,40,41);1-2H3. The van der Waals surface area contributed by atoms with Crippen molar-refractivity contribution in [3.05, 3.63) is 107 Å². The van der Waals surface area contributed by atoms with Gasteiger partial charge < -0.3 is 14.4 Å². The minimum Gasteiger partial charge on any atom is -0.477 e. The van der Waals surface area contributed by atoms with Gasteiger partial charge in [-0.2, -0.15) is 0 Å². The number of ether oxygens (including phenoxy) is 1. The molecule has 2 aromatic carbocycles. The Bertz CT molecular complexity index is 1820. The van der Waals surface area contributed by atoms with Crippen LogP contribution >= 0.6 is 0 Å². The van der Waals surface area contributed by atoms with E-state index < -0.39 is 23.9 Å². The molecule has 0 spiro atoms. The van der Waals surface area contributed by atoms with Crippen LogP contribution in [0.5, 0.6) is 5.88 Å². The molecule has 228 valence electrons. The maximum absolute atomic E-state index is 15.5. The molecule has 10 heteroatoms. The van der Waals surface area contributed by atoms with Gasteiger partial charge in [-0.15, -0.1) is 0 Å². The van der Waals surface area contributed by atoms with Crippen LogP contribution in [0.25, 0.3) is 22.4 Å². The lowest BCUT2D eigenvalue weighted by Gasteiger charge is -2.15. The predicted molar refractivity (Wildman–Crippen MR) is 161 cm³/mol. The number of imidazole rings is 1. The van der Waals surface area contributed by atoms with E-state index >= 15 is 4.39 Å². The number of fused-ring (bicyclic) bond motifs is 1. The lowest BCUT2D eigenvalue weighted by Crippen LogP contribution is -2.17. The van der Waals surface area contributed by atoms with Gasteiger partial charge in [-0.3, -0.25) is 4.39 Å². The second kappa shape index (κ2) is 12.9. The van der Waals surface area contributed by atoms with Crippen molar-refractivity contribution in [1.29, 1.82) is 0 Å². The zero-order valence-corrected chi connectivity index (χ0v) is 24.8. The molecule has 6 rings (SSSR count). The highest BCUT2D eigenvalue weighted by molar-refractivity contribution is 5.88. The summed E-state index contributed by atoms with van der Waals surface area (Å²) in [7, 11) is 0. The first-order valence-corrected chi connectivity index (χ1v) is 14.5. The van der Waals surface area contributed by atoms with E-state index in [1.54, 1.807) is 53.1 Å². The molecule has 0 bridgehead atoms. The molecule has 5 aromatic rings. The quantitative estimate of drug-likeness (QED) is 0.176. The Balaban J connectivity index is 0.00000188. The summed E-state index contributed by atoms with van der Waals surface area (Å²) in [5.74, 6) is -1.26. The third kappa shape index (κ3) is 6.59. The van der Waals surface area contributed by atoms with Crippen molar-refractivity contribution < 1.29 is 27.8 Å². The van der Waals surface area contributed by atoms with Crippen molar-refractivity contribution in [3.8, 4) is 17.1 Å². The van der Waals surface area contributed by atoms with Crippen LogP contribution in [0.4, 0.5) is 13.2 Å². The number of nitrogens with zero attached hydrogens (tertiary/aromatic N) is 4. The van der Waals surface area contributed by atoms with Crippen LogP contribution in [-0.4, -0.2) is 37.3 Å². The van der Waals surface area contributed by atoms with E-state index in [1.165, 1.54) is 18.2 Å². The zero-order valence-electron chi connectivity index (χ0n) is 24.8. The summed E-state index contributed by atoms with van der Waals surface area (Å²) in [6.07, 6.45) is 1.52. The van der Waals surface area contributed by atoms with Crippen molar-refractivity contribution in [2.75, 3.05) is 6.67 Å². The number of carbonyl (C=O) groups is 1. The van der Waals surface area contributed by atoms with E-state index in [2.05, 4.69) is 15.0 Å². The first kappa shape index (κ1) is 30.7. The van der Waals surface area contributed by atoms with Gasteiger partial charge in [-0.1, -0.05) is 44.2 Å². The molecule has 1 aliphatic carbocycles. The van der Waals surface area contributed by atoms with Crippen molar-refractivity contribution in [3.63, 3.8) is 0 Å². The Labute approximate surface area is 253 Å². The summed E-state index contributed by atoms with van der Waals surface area (Å²) in [6, 6.07) is 17.7. The first-order valence-electron chi connectivity index (χ1n) is 14.5. The Hall–Kier alpha value is -4.73. The van der Waals surface area contributed by atoms with Crippen LogP contribution in [-0.2, 0) is 19.6 Å². The van der Waals surface area contributed by atoms with Crippen molar-refractivity contribution in [2.45, 2.75) is 53.2 Å². The predicted octanol–water partition coefficient (Wildman–Crippen LogP) is 7.72. The van der Waals surface area contributed by atoms with Gasteiger partial charge >= 0.3 is 5.97 Å². The molecule has 7 nitrogen and oxygen atoms in total. The fourth-order valence-electron chi connectivity index (χ4n) is 4.91. The number of hydrogen-bond donors (Lipinski definition) is 1. The number of aromatic carboxylic acids is 1. The lowest BCUT2D eigenvalue weighted by molar-refractivity contribution is 0.0690. The molecule has 0 unspecified atom stereocenters. The molecule has 1 fully saturated rings. The average Bonchev–Trinajstić information content (AvgIpc) is 3.73. The van der Waals surface area contributed by atoms with Gasteiger partial charge in [0.15, 0.2) is 11.3 Å². The summed E-state index contributed by atoms with van der Waals surface area (Å²) in [6.45, 7) is 5.59. The van der Waals surface area contributed by atoms with Crippen LogP contribution < -0.4 is 4.74 Å². The smallest absolute Gasteiger partial charge is 0.354 e. The molecule has 0 saturated heterocycles. The van der Waals surface area contributed by atoms with Gasteiger partial charge in [0.1, 0.15) is 29.6 Å². The number of hydrogen-bond acceptors (Lipinski definition) is 5. The SMILES string of the molecule is CC.Cc1ccc(COc2cccc(-c3ccc(Cc4nc5ccc(C(=O)O)nc5n4CC4(CF)CC4)c(F)c3)n2)c(F)c1. The third-order valence-corrected chi connectivity index (χ3v) is 7.63. The minimum atomic E-state index is -1.18. The maximum Gasteiger partial charge on any atom is 0.354 e. The number of carboxylic acids is 1. The number of aromatic nitrogens is 4. The zero-order chi connectivity index (χ0) is 31.4. The van der Waals surface area contributed by atoms with Gasteiger partial charge in [-0.05, 0) is 61.2 Å². The van der Waals surface area contributed by atoms with Crippen LogP contribution in [0.3, 0.4) is 0 Å². The van der Waals surface area contributed by atoms with Crippen molar-refractivity contribution in [1.82, 2.24) is 19.5 Å². The Morgan fingerprint density at radius 2 is 1.70 bits per heavy atom. The average molecular weight is 603 g/mol. The topological polar surface area (TPSA) is 90.1 Å². The second-order valence-corrected chi connectivity index (χ2v) is 10.8. The van der Waals surface area contributed by atoms with E-state index in [0.29, 0.717) is 52.2 Å². The van der Waals surface area contributed by atoms with Gasteiger partial charge in [-0.25, -0.2) is 28.5 Å². The highest BCUT2D eigenvalue weighted by atomic mass is 19.1. The lowest BCUT2D eigenvalue weighted by atomic mass is 10.0. The molecule has 1 aliphatic rings. The van der Waals surface area contributed by atoms with E-state index in [-0.39, 0.29) is 37.0 Å². The number of benzene rings is 2. The maximum atomic E-state index is 15.5. The largest absolute Gasteiger partial charge is 0.477 e. The fraction of sp³-hybridized carbons (Fsp3) is 0.294. The molecule has 0 amide bonds. The van der Waals surface area contributed by atoms with Crippen molar-refractivity contribution in [2.24, 2.45) is 5.41 Å². The molecule has 44 heavy (non-hydrogen) atoms. The monoisotopic (exact) mass is 602 g/mol. The van der Waals surface area contributed by atoms with Crippen LogP contribution in [0, 0.1) is 24.0 Å². The van der Waals surface area contributed by atoms with Crippen LogP contribution in [0.15, 0.2) is 66.7 Å². The summed E-state index contributed by atoms with van der Waals surface area (Å²) in [5, 5.41) is 9.41. The number of halogens is 3. The molecule has 0 aliphatic heterocycles.